The second kappa shape index (κ2) is 5.40. The molecule has 1 aliphatic heterocycles. The molecule has 1 aromatic carbocycles. The van der Waals surface area contributed by atoms with E-state index in [0.717, 1.165) is 24.7 Å². The van der Waals surface area contributed by atoms with Crippen LogP contribution < -0.4 is 10.6 Å². The van der Waals surface area contributed by atoms with Crippen LogP contribution in [0.1, 0.15) is 40.0 Å². The minimum absolute atomic E-state index is 0.261. The van der Waals surface area contributed by atoms with E-state index in [0.29, 0.717) is 11.1 Å². The highest BCUT2D eigenvalue weighted by Gasteiger charge is 2.27. The van der Waals surface area contributed by atoms with E-state index in [1.54, 1.807) is 0 Å². The number of anilines is 2. The quantitative estimate of drug-likeness (QED) is 0.775. The minimum atomic E-state index is -0.261. The van der Waals surface area contributed by atoms with Gasteiger partial charge in [0.05, 0.1) is 11.4 Å². The molecule has 1 heterocycles. The van der Waals surface area contributed by atoms with Crippen molar-refractivity contribution >= 4 is 11.4 Å². The molecule has 106 valence electrons. The highest BCUT2D eigenvalue weighted by atomic mass is 19.1. The van der Waals surface area contributed by atoms with Crippen LogP contribution in [0.3, 0.4) is 0 Å². The summed E-state index contributed by atoms with van der Waals surface area (Å²) < 4.78 is 13.1. The Morgan fingerprint density at radius 2 is 1.95 bits per heavy atom. The lowest BCUT2D eigenvalue weighted by Crippen LogP contribution is -2.26. The Balaban J connectivity index is 2.11. The topological polar surface area (TPSA) is 29.3 Å². The number of hydrogen-bond acceptors (Lipinski definition) is 2. The fourth-order valence-corrected chi connectivity index (χ4v) is 3.02. The van der Waals surface area contributed by atoms with Gasteiger partial charge in [0.1, 0.15) is 5.82 Å². The first-order chi connectivity index (χ1) is 8.88. The number of hydrogen-bond donors (Lipinski definition) is 1. The molecule has 1 unspecified atom stereocenters. The summed E-state index contributed by atoms with van der Waals surface area (Å²) in [4.78, 5) is 2.31. The average molecular weight is 264 g/mol. The van der Waals surface area contributed by atoms with Crippen molar-refractivity contribution in [2.24, 2.45) is 11.3 Å². The molecule has 0 saturated carbocycles. The Labute approximate surface area is 115 Å². The molecule has 0 aliphatic carbocycles. The SMILES string of the molecule is CC(C)(C)C1CCCN(c2ccc(F)cc2N)CC1. The first-order valence-corrected chi connectivity index (χ1v) is 7.18. The van der Waals surface area contributed by atoms with Crippen LogP contribution in [0.2, 0.25) is 0 Å². The minimum Gasteiger partial charge on any atom is -0.397 e. The monoisotopic (exact) mass is 264 g/mol. The highest BCUT2D eigenvalue weighted by molar-refractivity contribution is 5.67. The van der Waals surface area contributed by atoms with Gasteiger partial charge >= 0.3 is 0 Å². The number of rotatable bonds is 1. The van der Waals surface area contributed by atoms with Crippen molar-refractivity contribution in [3.05, 3.63) is 24.0 Å². The molecule has 1 aromatic rings. The zero-order chi connectivity index (χ0) is 14.0. The summed E-state index contributed by atoms with van der Waals surface area (Å²) in [5.74, 6) is 0.489. The van der Waals surface area contributed by atoms with Gasteiger partial charge in [0, 0.05) is 13.1 Å². The normalized spacial score (nSPS) is 21.3. The van der Waals surface area contributed by atoms with Crippen LogP contribution >= 0.6 is 0 Å². The van der Waals surface area contributed by atoms with Gasteiger partial charge in [-0.2, -0.15) is 0 Å². The van der Waals surface area contributed by atoms with E-state index < -0.39 is 0 Å². The molecule has 0 amide bonds. The van der Waals surface area contributed by atoms with Gasteiger partial charge in [-0.25, -0.2) is 4.39 Å². The number of halogens is 1. The van der Waals surface area contributed by atoms with Gasteiger partial charge in [-0.1, -0.05) is 20.8 Å². The number of nitrogens with zero attached hydrogens (tertiary/aromatic N) is 1. The second-order valence-electron chi connectivity index (χ2n) is 6.68. The van der Waals surface area contributed by atoms with Gasteiger partial charge in [0.15, 0.2) is 0 Å². The Bertz CT molecular complexity index is 437. The van der Waals surface area contributed by atoms with Crippen molar-refractivity contribution in [1.29, 1.82) is 0 Å². The van der Waals surface area contributed by atoms with Crippen molar-refractivity contribution in [2.75, 3.05) is 23.7 Å². The predicted molar refractivity (Wildman–Crippen MR) is 79.8 cm³/mol. The summed E-state index contributed by atoms with van der Waals surface area (Å²) in [5.41, 5.74) is 7.84. The number of nitrogens with two attached hydrogens (primary N) is 1. The van der Waals surface area contributed by atoms with Crippen LogP contribution in [0.4, 0.5) is 15.8 Å². The molecule has 0 bridgehead atoms. The van der Waals surface area contributed by atoms with Gasteiger partial charge in [-0.15, -0.1) is 0 Å². The van der Waals surface area contributed by atoms with E-state index in [4.69, 9.17) is 5.73 Å². The summed E-state index contributed by atoms with van der Waals surface area (Å²) in [6.45, 7) is 8.99. The molecule has 3 heteroatoms. The van der Waals surface area contributed by atoms with Crippen molar-refractivity contribution < 1.29 is 4.39 Å². The van der Waals surface area contributed by atoms with Gasteiger partial charge in [0.25, 0.3) is 0 Å². The maximum absolute atomic E-state index is 13.1. The lowest BCUT2D eigenvalue weighted by molar-refractivity contribution is 0.220. The first-order valence-electron chi connectivity index (χ1n) is 7.18. The third-order valence-corrected chi connectivity index (χ3v) is 4.28. The van der Waals surface area contributed by atoms with Crippen LogP contribution in [0.5, 0.6) is 0 Å². The van der Waals surface area contributed by atoms with Crippen molar-refractivity contribution in [3.8, 4) is 0 Å². The Morgan fingerprint density at radius 3 is 2.58 bits per heavy atom. The van der Waals surface area contributed by atoms with Crippen LogP contribution in [-0.4, -0.2) is 13.1 Å². The third kappa shape index (κ3) is 3.40. The molecule has 0 radical (unpaired) electrons. The summed E-state index contributed by atoms with van der Waals surface area (Å²) in [7, 11) is 0. The van der Waals surface area contributed by atoms with Crippen molar-refractivity contribution in [1.82, 2.24) is 0 Å². The van der Waals surface area contributed by atoms with Crippen LogP contribution in [-0.2, 0) is 0 Å². The zero-order valence-corrected chi connectivity index (χ0v) is 12.2. The molecule has 19 heavy (non-hydrogen) atoms. The van der Waals surface area contributed by atoms with Crippen LogP contribution in [0.15, 0.2) is 18.2 Å². The number of benzene rings is 1. The fraction of sp³-hybridized carbons (Fsp3) is 0.625. The molecule has 1 atom stereocenters. The smallest absolute Gasteiger partial charge is 0.125 e. The summed E-state index contributed by atoms with van der Waals surface area (Å²) >= 11 is 0. The lowest BCUT2D eigenvalue weighted by atomic mass is 9.77. The average Bonchev–Trinajstić information content (AvgIpc) is 2.54. The first kappa shape index (κ1) is 14.2. The zero-order valence-electron chi connectivity index (χ0n) is 12.2. The van der Waals surface area contributed by atoms with Gasteiger partial charge in [-0.05, 0) is 48.8 Å². The molecule has 0 aromatic heterocycles. The molecule has 0 spiro atoms. The lowest BCUT2D eigenvalue weighted by Gasteiger charge is -2.30. The largest absolute Gasteiger partial charge is 0.397 e. The van der Waals surface area contributed by atoms with Crippen LogP contribution in [0, 0.1) is 17.2 Å². The predicted octanol–water partition coefficient (Wildman–Crippen LogP) is 4.06. The molecular weight excluding hydrogens is 239 g/mol. The Morgan fingerprint density at radius 1 is 1.21 bits per heavy atom. The maximum Gasteiger partial charge on any atom is 0.125 e. The molecule has 2 nitrogen and oxygen atoms in total. The summed E-state index contributed by atoms with van der Waals surface area (Å²) in [6.07, 6.45) is 3.63. The molecular formula is C16H25FN2. The Kier molecular flexibility index (Phi) is 4.02. The molecule has 1 aliphatic rings. The molecule has 2 N–H and O–H groups in total. The van der Waals surface area contributed by atoms with Gasteiger partial charge < -0.3 is 10.6 Å². The molecule has 1 saturated heterocycles. The van der Waals surface area contributed by atoms with E-state index in [1.807, 2.05) is 6.07 Å². The van der Waals surface area contributed by atoms with E-state index in [9.17, 15) is 4.39 Å². The van der Waals surface area contributed by atoms with E-state index in [-0.39, 0.29) is 5.82 Å². The maximum atomic E-state index is 13.1. The van der Waals surface area contributed by atoms with Gasteiger partial charge in [-0.3, -0.25) is 0 Å². The third-order valence-electron chi connectivity index (χ3n) is 4.28. The standard InChI is InChI=1S/C16H25FN2/c1-16(2,3)12-5-4-9-19(10-8-12)15-7-6-13(17)11-14(15)18/h6-7,11-12H,4-5,8-10,18H2,1-3H3. The Hall–Kier alpha value is -1.25. The summed E-state index contributed by atoms with van der Waals surface area (Å²) in [5, 5.41) is 0. The molecule has 2 rings (SSSR count). The second-order valence-corrected chi connectivity index (χ2v) is 6.68. The fourth-order valence-electron chi connectivity index (χ4n) is 3.02. The summed E-state index contributed by atoms with van der Waals surface area (Å²) in [6, 6.07) is 4.72. The van der Waals surface area contributed by atoms with Crippen molar-refractivity contribution in [3.63, 3.8) is 0 Å². The van der Waals surface area contributed by atoms with E-state index in [1.165, 1.54) is 31.4 Å². The van der Waals surface area contributed by atoms with Crippen molar-refractivity contribution in [2.45, 2.75) is 40.0 Å². The van der Waals surface area contributed by atoms with E-state index in [2.05, 4.69) is 25.7 Å². The molecule has 1 fully saturated rings. The van der Waals surface area contributed by atoms with E-state index >= 15 is 0 Å². The van der Waals surface area contributed by atoms with Crippen LogP contribution in [0.25, 0.3) is 0 Å². The highest BCUT2D eigenvalue weighted by Crippen LogP contribution is 2.36. The van der Waals surface area contributed by atoms with Gasteiger partial charge in [0.2, 0.25) is 0 Å². The number of nitrogen functional groups attached to an aromatic ring is 1.